The van der Waals surface area contributed by atoms with Crippen molar-refractivity contribution in [2.75, 3.05) is 0 Å². The number of hydrogen-bond donors (Lipinski definition) is 0. The molecule has 4 atom stereocenters. The summed E-state index contributed by atoms with van der Waals surface area (Å²) in [6.45, 7) is 9.20. The van der Waals surface area contributed by atoms with Gasteiger partial charge in [-0.15, -0.1) is 17.9 Å². The zero-order valence-electron chi connectivity index (χ0n) is 10.5. The molecule has 0 radical (unpaired) electrons. The molecule has 0 aliphatic carbocycles. The molecule has 0 heterocycles. The van der Waals surface area contributed by atoms with Crippen molar-refractivity contribution in [1.82, 2.24) is 0 Å². The second-order valence-electron chi connectivity index (χ2n) is 4.59. The molecule has 0 saturated heterocycles. The molecule has 90 valence electrons. The lowest BCUT2D eigenvalue weighted by Crippen LogP contribution is -2.11. The summed E-state index contributed by atoms with van der Waals surface area (Å²) in [7, 11) is 6.81. The summed E-state index contributed by atoms with van der Waals surface area (Å²) >= 11 is 0. The Bertz CT molecular complexity index is 347. The average molecular weight is 290 g/mol. The van der Waals surface area contributed by atoms with Crippen LogP contribution in [0, 0.1) is 0 Å². The van der Waals surface area contributed by atoms with Crippen LogP contribution in [0.5, 0.6) is 0 Å². The van der Waals surface area contributed by atoms with Crippen molar-refractivity contribution in [3.8, 4) is 0 Å². The number of rotatable bonds is 4. The Kier molecular flexibility index (Phi) is 6.34. The van der Waals surface area contributed by atoms with Gasteiger partial charge in [0, 0.05) is 0 Å². The van der Waals surface area contributed by atoms with Crippen LogP contribution in [-0.4, -0.2) is 0 Å². The van der Waals surface area contributed by atoms with Gasteiger partial charge in [0.1, 0.15) is 0 Å². The summed E-state index contributed by atoms with van der Waals surface area (Å²) < 4.78 is 0. The van der Waals surface area contributed by atoms with Crippen molar-refractivity contribution in [1.29, 1.82) is 0 Å². The Morgan fingerprint density at radius 2 is 1.75 bits per heavy atom. The van der Waals surface area contributed by atoms with Crippen molar-refractivity contribution in [3.63, 3.8) is 0 Å². The van der Waals surface area contributed by atoms with E-state index < -0.39 is 0 Å². The predicted octanol–water partition coefficient (Wildman–Crippen LogP) is 5.21. The van der Waals surface area contributed by atoms with E-state index in [0.29, 0.717) is 11.8 Å². The Morgan fingerprint density at radius 1 is 1.12 bits per heavy atom. The quantitative estimate of drug-likeness (QED) is 0.667. The molecule has 1 aromatic carbocycles. The lowest BCUT2D eigenvalue weighted by atomic mass is 9.91. The van der Waals surface area contributed by atoms with Crippen LogP contribution in [-0.2, 0) is 0 Å². The van der Waals surface area contributed by atoms with Gasteiger partial charge < -0.3 is 0 Å². The largest absolute Gasteiger partial charge is 0.109 e. The van der Waals surface area contributed by atoms with E-state index in [9.17, 15) is 0 Å². The predicted molar refractivity (Wildman–Crippen MR) is 88.9 cm³/mol. The van der Waals surface area contributed by atoms with E-state index in [1.54, 1.807) is 10.9 Å². The third-order valence-electron chi connectivity index (χ3n) is 2.71. The first-order chi connectivity index (χ1) is 7.49. The van der Waals surface area contributed by atoms with Gasteiger partial charge in [0.2, 0.25) is 0 Å². The highest BCUT2D eigenvalue weighted by Gasteiger charge is 2.17. The lowest BCUT2D eigenvalue weighted by molar-refractivity contribution is 0.795. The van der Waals surface area contributed by atoms with E-state index in [4.69, 9.17) is 0 Å². The Hall–Kier alpha value is 0.940. The van der Waals surface area contributed by atoms with E-state index >= 15 is 0 Å². The molecule has 0 aliphatic rings. The maximum Gasteiger partial charge on any atom is -0.0121 e. The van der Waals surface area contributed by atoms with Crippen molar-refractivity contribution in [2.24, 2.45) is 0 Å². The summed E-state index contributed by atoms with van der Waals surface area (Å²) in [5.41, 5.74) is 3.12. The molecule has 0 N–H and O–H groups in total. The molecule has 0 fully saturated rings. The van der Waals surface area contributed by atoms with Gasteiger partial charge in [0.05, 0.1) is 0 Å². The first-order valence-corrected chi connectivity index (χ1v) is 12.2. The van der Waals surface area contributed by atoms with Crippen molar-refractivity contribution in [3.05, 3.63) is 29.3 Å². The van der Waals surface area contributed by atoms with Gasteiger partial charge >= 0.3 is 0 Å². The molecule has 0 amide bonds. The average Bonchev–Trinajstić information content (AvgIpc) is 2.26. The Morgan fingerprint density at radius 3 is 2.19 bits per heavy atom. The molecule has 0 spiro atoms. The Labute approximate surface area is 107 Å². The summed E-state index contributed by atoms with van der Waals surface area (Å²) in [5.74, 6) is 1.25. The minimum absolute atomic E-state index is 0.0603. The smallest absolute Gasteiger partial charge is 0.0121 e. The molecule has 1 aromatic rings. The second kappa shape index (κ2) is 6.76. The van der Waals surface area contributed by atoms with Crippen LogP contribution >= 0.6 is 33.1 Å². The minimum Gasteiger partial charge on any atom is -0.109 e. The first kappa shape index (κ1) is 15.0. The molecule has 4 unspecified atom stereocenters. The van der Waals surface area contributed by atoms with Crippen molar-refractivity contribution < 1.29 is 0 Å². The standard InChI is InChI=1S/C12H22P4/c1-8(2)10-6-5-7-11(16(14)15-13)12(10)9(3)4/h5-9,15H,13-14H2,1-4H3. The fourth-order valence-corrected chi connectivity index (χ4v) is 5.94. The number of benzene rings is 1. The summed E-state index contributed by atoms with van der Waals surface area (Å²) in [6, 6.07) is 6.83. The van der Waals surface area contributed by atoms with Crippen LogP contribution in [0.15, 0.2) is 18.2 Å². The highest BCUT2D eigenvalue weighted by molar-refractivity contribution is 8.63. The third-order valence-corrected chi connectivity index (χ3v) is 12.8. The third kappa shape index (κ3) is 3.47. The SMILES string of the molecule is CC(C)c1cccc(P(P)PP)c1C(C)C. The zero-order valence-corrected chi connectivity index (χ0v) is 14.7. The summed E-state index contributed by atoms with van der Waals surface area (Å²) in [5, 5.41) is 1.58. The molecule has 0 aromatic heterocycles. The normalized spacial score (nSPS) is 14.2. The molecule has 0 aliphatic heterocycles. The molecule has 0 saturated carbocycles. The minimum atomic E-state index is -0.0603. The summed E-state index contributed by atoms with van der Waals surface area (Å²) in [4.78, 5) is 0. The Balaban J connectivity index is 3.32. The molecular weight excluding hydrogens is 268 g/mol. The van der Waals surface area contributed by atoms with Gasteiger partial charge in [-0.1, -0.05) is 53.9 Å². The number of hydrogen-bond acceptors (Lipinski definition) is 0. The van der Waals surface area contributed by atoms with E-state index in [-0.39, 0.29) is 7.30 Å². The van der Waals surface area contributed by atoms with E-state index in [1.807, 2.05) is 0 Å². The molecular formula is C12H22P4. The van der Waals surface area contributed by atoms with Gasteiger partial charge in [0.25, 0.3) is 0 Å². The topological polar surface area (TPSA) is 0 Å². The van der Waals surface area contributed by atoms with Gasteiger partial charge in [-0.3, -0.25) is 0 Å². The van der Waals surface area contributed by atoms with Crippen LogP contribution < -0.4 is 5.30 Å². The molecule has 16 heavy (non-hydrogen) atoms. The highest BCUT2D eigenvalue weighted by atomic mass is 32.6. The van der Waals surface area contributed by atoms with Gasteiger partial charge in [-0.25, -0.2) is 0 Å². The van der Waals surface area contributed by atoms with E-state index in [1.165, 1.54) is 5.56 Å². The van der Waals surface area contributed by atoms with Crippen LogP contribution in [0.4, 0.5) is 0 Å². The van der Waals surface area contributed by atoms with Crippen molar-refractivity contribution in [2.45, 2.75) is 39.5 Å². The van der Waals surface area contributed by atoms with E-state index in [0.717, 1.165) is 7.96 Å². The highest BCUT2D eigenvalue weighted by Crippen LogP contribution is 2.65. The zero-order chi connectivity index (χ0) is 12.3. The monoisotopic (exact) mass is 290 g/mol. The van der Waals surface area contributed by atoms with Crippen molar-refractivity contribution >= 4 is 38.4 Å². The first-order valence-electron chi connectivity index (χ1n) is 5.62. The van der Waals surface area contributed by atoms with Crippen LogP contribution in [0.2, 0.25) is 0 Å². The van der Waals surface area contributed by atoms with E-state index in [2.05, 4.69) is 63.8 Å². The molecule has 4 heteroatoms. The molecule has 1 rings (SSSR count). The fourth-order valence-electron chi connectivity index (χ4n) is 1.98. The summed E-state index contributed by atoms with van der Waals surface area (Å²) in [6.07, 6.45) is 0. The van der Waals surface area contributed by atoms with Crippen LogP contribution in [0.1, 0.15) is 50.7 Å². The van der Waals surface area contributed by atoms with Crippen LogP contribution in [0.25, 0.3) is 0 Å². The maximum atomic E-state index is 3.04. The fraction of sp³-hybridized carbons (Fsp3) is 0.500. The second-order valence-corrected chi connectivity index (χ2v) is 13.7. The lowest BCUT2D eigenvalue weighted by Gasteiger charge is -2.23. The van der Waals surface area contributed by atoms with Crippen LogP contribution in [0.3, 0.4) is 0 Å². The van der Waals surface area contributed by atoms with Gasteiger partial charge in [-0.05, 0) is 35.6 Å². The van der Waals surface area contributed by atoms with Gasteiger partial charge in [0.15, 0.2) is 0 Å². The molecule has 0 bridgehead atoms. The molecule has 0 nitrogen and oxygen atoms in total. The maximum absolute atomic E-state index is 3.04. The van der Waals surface area contributed by atoms with Gasteiger partial charge in [-0.2, -0.15) is 0 Å².